The van der Waals surface area contributed by atoms with Crippen molar-refractivity contribution in [2.75, 3.05) is 7.05 Å². The van der Waals surface area contributed by atoms with Gasteiger partial charge in [0.25, 0.3) is 0 Å². The number of amides is 2. The number of halogens is 1. The maximum Gasteiger partial charge on any atom is 0.242 e. The molecule has 0 spiro atoms. The number of nitrogens with zero attached hydrogens (tertiary/aromatic N) is 1. The Kier molecular flexibility index (Phi) is 7.85. The zero-order valence-corrected chi connectivity index (χ0v) is 18.6. The van der Waals surface area contributed by atoms with E-state index in [1.54, 1.807) is 24.1 Å². The highest BCUT2D eigenvalue weighted by atomic mass is 35.5. The molecule has 160 valence electrons. The molecule has 1 N–H and O–H groups in total. The molecule has 3 aromatic carbocycles. The van der Waals surface area contributed by atoms with E-state index in [1.807, 2.05) is 73.7 Å². The molecule has 5 heteroatoms. The maximum atomic E-state index is 13.5. The second-order valence-corrected chi connectivity index (χ2v) is 8.07. The second-order valence-electron chi connectivity index (χ2n) is 7.63. The molecule has 0 fully saturated rings. The van der Waals surface area contributed by atoms with E-state index >= 15 is 0 Å². The van der Waals surface area contributed by atoms with E-state index in [1.165, 1.54) is 0 Å². The Morgan fingerprint density at radius 3 is 2.23 bits per heavy atom. The number of hydrogen-bond acceptors (Lipinski definition) is 2. The lowest BCUT2D eigenvalue weighted by atomic mass is 10.0. The molecule has 0 aromatic heterocycles. The Labute approximate surface area is 188 Å². The molecule has 31 heavy (non-hydrogen) atoms. The molecular formula is C26H27ClN2O2. The topological polar surface area (TPSA) is 49.4 Å². The second kappa shape index (κ2) is 10.8. The molecule has 0 heterocycles. The van der Waals surface area contributed by atoms with Crippen LogP contribution in [0.5, 0.6) is 0 Å². The summed E-state index contributed by atoms with van der Waals surface area (Å²) in [6.45, 7) is 2.37. The van der Waals surface area contributed by atoms with Crippen molar-refractivity contribution in [3.63, 3.8) is 0 Å². The molecule has 2 amide bonds. The predicted octanol–water partition coefficient (Wildman–Crippen LogP) is 4.58. The zero-order chi connectivity index (χ0) is 22.2. The van der Waals surface area contributed by atoms with Crippen LogP contribution in [0.2, 0.25) is 5.02 Å². The van der Waals surface area contributed by atoms with E-state index in [2.05, 4.69) is 5.32 Å². The van der Waals surface area contributed by atoms with Crippen LogP contribution in [-0.2, 0) is 29.0 Å². The first-order chi connectivity index (χ1) is 15.0. The molecule has 0 radical (unpaired) electrons. The third-order valence-electron chi connectivity index (χ3n) is 5.24. The lowest BCUT2D eigenvalue weighted by molar-refractivity contribution is -0.140. The Hall–Kier alpha value is -3.11. The fourth-order valence-electron chi connectivity index (χ4n) is 3.53. The van der Waals surface area contributed by atoms with Gasteiger partial charge in [0.2, 0.25) is 11.8 Å². The van der Waals surface area contributed by atoms with Gasteiger partial charge >= 0.3 is 0 Å². The summed E-state index contributed by atoms with van der Waals surface area (Å²) < 4.78 is 0. The van der Waals surface area contributed by atoms with Crippen molar-refractivity contribution in [1.82, 2.24) is 10.2 Å². The minimum atomic E-state index is -0.625. The van der Waals surface area contributed by atoms with Crippen LogP contribution in [0.1, 0.15) is 22.3 Å². The van der Waals surface area contributed by atoms with E-state index < -0.39 is 6.04 Å². The molecule has 1 atom stereocenters. The van der Waals surface area contributed by atoms with Crippen molar-refractivity contribution in [2.45, 2.75) is 32.4 Å². The highest BCUT2D eigenvalue weighted by molar-refractivity contribution is 6.30. The number of hydrogen-bond donors (Lipinski definition) is 1. The van der Waals surface area contributed by atoms with Crippen molar-refractivity contribution < 1.29 is 9.59 Å². The lowest BCUT2D eigenvalue weighted by Crippen LogP contribution is -2.50. The van der Waals surface area contributed by atoms with Crippen LogP contribution in [0.3, 0.4) is 0 Å². The van der Waals surface area contributed by atoms with Gasteiger partial charge in [0.15, 0.2) is 0 Å². The normalized spacial score (nSPS) is 11.6. The highest BCUT2D eigenvalue weighted by Crippen LogP contribution is 2.18. The van der Waals surface area contributed by atoms with Crippen LogP contribution in [0.25, 0.3) is 0 Å². The van der Waals surface area contributed by atoms with Gasteiger partial charge in [0, 0.05) is 25.0 Å². The Bertz CT molecular complexity index is 1020. The Morgan fingerprint density at radius 1 is 0.903 bits per heavy atom. The van der Waals surface area contributed by atoms with E-state index in [0.29, 0.717) is 18.0 Å². The Balaban J connectivity index is 1.93. The van der Waals surface area contributed by atoms with Crippen LogP contribution >= 0.6 is 11.6 Å². The van der Waals surface area contributed by atoms with Gasteiger partial charge in [-0.05, 0) is 35.7 Å². The summed E-state index contributed by atoms with van der Waals surface area (Å²) in [5, 5.41) is 3.32. The van der Waals surface area contributed by atoms with Gasteiger partial charge in [-0.1, -0.05) is 83.9 Å². The number of rotatable bonds is 8. The highest BCUT2D eigenvalue weighted by Gasteiger charge is 2.29. The number of carbonyl (C=O) groups is 2. The summed E-state index contributed by atoms with van der Waals surface area (Å²) >= 11 is 6.11. The molecule has 0 aliphatic rings. The van der Waals surface area contributed by atoms with Gasteiger partial charge in [-0.15, -0.1) is 0 Å². The predicted molar refractivity (Wildman–Crippen MR) is 125 cm³/mol. The first-order valence-corrected chi connectivity index (χ1v) is 10.7. The average molecular weight is 435 g/mol. The zero-order valence-electron chi connectivity index (χ0n) is 17.8. The molecule has 0 aliphatic heterocycles. The van der Waals surface area contributed by atoms with Gasteiger partial charge < -0.3 is 10.2 Å². The molecule has 0 saturated carbocycles. The molecule has 3 rings (SSSR count). The number of likely N-dealkylation sites (N-methyl/N-ethyl adjacent to an activating group) is 1. The fraction of sp³-hybridized carbons (Fsp3) is 0.231. The van der Waals surface area contributed by atoms with Gasteiger partial charge in [0.1, 0.15) is 6.04 Å². The van der Waals surface area contributed by atoms with Crippen molar-refractivity contribution in [2.24, 2.45) is 0 Å². The van der Waals surface area contributed by atoms with Crippen LogP contribution in [0.4, 0.5) is 0 Å². The Morgan fingerprint density at radius 2 is 1.58 bits per heavy atom. The standard InChI is InChI=1S/C26H27ClN2O2/c1-19-11-13-21(14-12-19)18-29(25(30)17-22-9-6-10-23(27)15-22)24(26(31)28-2)16-20-7-4-3-5-8-20/h3-15,24H,16-18H2,1-2H3,(H,28,31). The first kappa shape index (κ1) is 22.6. The summed E-state index contributed by atoms with van der Waals surface area (Å²) in [5.74, 6) is -0.303. The summed E-state index contributed by atoms with van der Waals surface area (Å²) in [6, 6.07) is 24.4. The van der Waals surface area contributed by atoms with Gasteiger partial charge in [0.05, 0.1) is 6.42 Å². The number of benzene rings is 3. The smallest absolute Gasteiger partial charge is 0.242 e. The number of aryl methyl sites for hydroxylation is 1. The quantitative estimate of drug-likeness (QED) is 0.564. The monoisotopic (exact) mass is 434 g/mol. The molecular weight excluding hydrogens is 408 g/mol. The minimum Gasteiger partial charge on any atom is -0.357 e. The van der Waals surface area contributed by atoms with Crippen molar-refractivity contribution >= 4 is 23.4 Å². The van der Waals surface area contributed by atoms with E-state index in [4.69, 9.17) is 11.6 Å². The molecule has 3 aromatic rings. The molecule has 1 unspecified atom stereocenters. The summed E-state index contributed by atoms with van der Waals surface area (Å²) in [6.07, 6.45) is 0.613. The molecule has 4 nitrogen and oxygen atoms in total. The fourth-order valence-corrected chi connectivity index (χ4v) is 3.75. The molecule has 0 aliphatic carbocycles. The van der Waals surface area contributed by atoms with E-state index in [-0.39, 0.29) is 18.2 Å². The van der Waals surface area contributed by atoms with Crippen LogP contribution < -0.4 is 5.32 Å². The van der Waals surface area contributed by atoms with E-state index in [0.717, 1.165) is 22.3 Å². The minimum absolute atomic E-state index is 0.118. The van der Waals surface area contributed by atoms with E-state index in [9.17, 15) is 9.59 Å². The average Bonchev–Trinajstić information content (AvgIpc) is 2.77. The number of carbonyl (C=O) groups excluding carboxylic acids is 2. The van der Waals surface area contributed by atoms with Crippen LogP contribution in [0, 0.1) is 6.92 Å². The third kappa shape index (κ3) is 6.43. The molecule has 0 saturated heterocycles. The largest absolute Gasteiger partial charge is 0.357 e. The van der Waals surface area contributed by atoms with Crippen molar-refractivity contribution in [3.05, 3.63) is 106 Å². The summed E-state index contributed by atoms with van der Waals surface area (Å²) in [4.78, 5) is 28.0. The van der Waals surface area contributed by atoms with Crippen LogP contribution in [0.15, 0.2) is 78.9 Å². The summed E-state index contributed by atoms with van der Waals surface area (Å²) in [5.41, 5.74) is 3.95. The van der Waals surface area contributed by atoms with Crippen molar-refractivity contribution in [3.8, 4) is 0 Å². The SMILES string of the molecule is CNC(=O)C(Cc1ccccc1)N(Cc1ccc(C)cc1)C(=O)Cc1cccc(Cl)c1. The molecule has 0 bridgehead atoms. The van der Waals surface area contributed by atoms with Crippen molar-refractivity contribution in [1.29, 1.82) is 0 Å². The summed E-state index contributed by atoms with van der Waals surface area (Å²) in [7, 11) is 1.60. The lowest BCUT2D eigenvalue weighted by Gasteiger charge is -2.31. The maximum absolute atomic E-state index is 13.5. The van der Waals surface area contributed by atoms with Gasteiger partial charge in [-0.3, -0.25) is 9.59 Å². The first-order valence-electron chi connectivity index (χ1n) is 10.3. The van der Waals surface area contributed by atoms with Gasteiger partial charge in [-0.2, -0.15) is 0 Å². The third-order valence-corrected chi connectivity index (χ3v) is 5.47. The van der Waals surface area contributed by atoms with Crippen LogP contribution in [-0.4, -0.2) is 29.8 Å². The van der Waals surface area contributed by atoms with Gasteiger partial charge in [-0.25, -0.2) is 0 Å². The number of nitrogens with one attached hydrogen (secondary N) is 1.